The fourth-order valence-corrected chi connectivity index (χ4v) is 0. The molecule has 0 unspecified atom stereocenters. The molecule has 0 fully saturated rings. The molecule has 1 nitrogen and oxygen atoms in total. The first-order valence-corrected chi connectivity index (χ1v) is 1.07. The topological polar surface area (TPSA) is 23.8 Å². The van der Waals surface area contributed by atoms with Gasteiger partial charge in [-0.25, -0.2) is 0 Å². The molecule has 0 aromatic rings. The Labute approximate surface area is 29.7 Å². The van der Waals surface area contributed by atoms with Crippen LogP contribution in [0.1, 0.15) is 0 Å². The summed E-state index contributed by atoms with van der Waals surface area (Å²) < 4.78 is 0. The summed E-state index contributed by atoms with van der Waals surface area (Å²) in [5.74, 6) is 0. The lowest BCUT2D eigenvalue weighted by Gasteiger charge is -1.37. The van der Waals surface area contributed by atoms with Crippen LogP contribution in [0.4, 0.5) is 0 Å². The Hall–Kier alpha value is -0.350. The Morgan fingerprint density at radius 2 is 2.00 bits per heavy atom. The van der Waals surface area contributed by atoms with Crippen molar-refractivity contribution in [3.63, 3.8) is 0 Å². The molecule has 4 heavy (non-hydrogen) atoms. The van der Waals surface area contributed by atoms with Crippen molar-refractivity contribution >= 4 is 11.6 Å². The molecule has 0 bridgehead atoms. The average molecular weight is 74.5 g/mol. The van der Waals surface area contributed by atoms with Crippen molar-refractivity contribution in [2.75, 3.05) is 0 Å². The molecule has 0 aliphatic rings. The number of hydrogen-bond donors (Lipinski definition) is 0. The van der Waals surface area contributed by atoms with E-state index in [9.17, 15) is 0 Å². The highest BCUT2D eigenvalue weighted by molar-refractivity contribution is 6.30. The van der Waals surface area contributed by atoms with Crippen molar-refractivity contribution in [1.29, 1.82) is 0 Å². The van der Waals surface area contributed by atoms with E-state index in [2.05, 4.69) is 11.6 Å². The van der Waals surface area contributed by atoms with Crippen LogP contribution in [0.2, 0.25) is 0 Å². The number of hydrogen-bond acceptors (Lipinski definition) is 0. The maximum Gasteiger partial charge on any atom is 0.0432 e. The monoisotopic (exact) mass is 74.0 g/mol. The van der Waals surface area contributed by atoms with E-state index in [0.717, 1.165) is 0 Å². The van der Waals surface area contributed by atoms with Gasteiger partial charge in [-0.15, -0.1) is 0 Å². The largest absolute Gasteiger partial charge is 0.250 e. The highest BCUT2D eigenvalue weighted by Crippen LogP contribution is 1.53. The van der Waals surface area contributed by atoms with Crippen LogP contribution in [0.25, 0.3) is 0 Å². The van der Waals surface area contributed by atoms with Crippen LogP contribution in [0, 0.1) is 11.4 Å². The van der Waals surface area contributed by atoms with Gasteiger partial charge in [0.25, 0.3) is 0 Å². The molecule has 0 rings (SSSR count). The summed E-state index contributed by atoms with van der Waals surface area (Å²) in [7, 11) is 0. The van der Waals surface area contributed by atoms with Crippen LogP contribution < -0.4 is 5.73 Å². The maximum absolute atomic E-state index is 5.96. The average Bonchev–Trinajstić information content (AvgIpc) is 1.37. The standard InChI is InChI=1S/C2HClN/c3-1-2-4/h4H. The van der Waals surface area contributed by atoms with Crippen molar-refractivity contribution in [1.82, 2.24) is 5.73 Å². The lowest BCUT2D eigenvalue weighted by Crippen LogP contribution is -1.42. The molecule has 0 saturated carbocycles. The van der Waals surface area contributed by atoms with Gasteiger partial charge in [-0.05, 0) is 11.6 Å². The van der Waals surface area contributed by atoms with E-state index in [-0.39, 0.29) is 0 Å². The summed E-state index contributed by atoms with van der Waals surface area (Å²) in [5.41, 5.74) is 5.96. The third-order valence-electron chi connectivity index (χ3n) is 0.0472. The predicted molar refractivity (Wildman–Crippen MR) is 16.7 cm³/mol. The molecule has 1 N–H and O–H groups in total. The smallest absolute Gasteiger partial charge is 0.0432 e. The molecular formula is C2HClN. The molecule has 0 aliphatic carbocycles. The van der Waals surface area contributed by atoms with Gasteiger partial charge in [-0.1, -0.05) is 0 Å². The number of halogens is 1. The molecule has 0 aliphatic heterocycles. The zero-order valence-corrected chi connectivity index (χ0v) is 2.63. The lowest BCUT2D eigenvalue weighted by molar-refractivity contribution is 1.65. The first-order chi connectivity index (χ1) is 1.91. The molecule has 0 amide bonds. The second-order valence-corrected chi connectivity index (χ2v) is 0.408. The van der Waals surface area contributed by atoms with Crippen LogP contribution in [-0.4, -0.2) is 0 Å². The summed E-state index contributed by atoms with van der Waals surface area (Å²) in [6, 6.07) is 1.70. The van der Waals surface area contributed by atoms with Crippen LogP contribution >= 0.6 is 11.6 Å². The Morgan fingerprint density at radius 1 is 1.75 bits per heavy atom. The van der Waals surface area contributed by atoms with Gasteiger partial charge in [0.15, 0.2) is 0 Å². The maximum atomic E-state index is 5.96. The van der Waals surface area contributed by atoms with Crippen LogP contribution in [0.3, 0.4) is 0 Å². The molecule has 0 atom stereocenters. The van der Waals surface area contributed by atoms with Crippen LogP contribution in [0.5, 0.6) is 0 Å². The minimum Gasteiger partial charge on any atom is -0.250 e. The van der Waals surface area contributed by atoms with Crippen LogP contribution in [0.15, 0.2) is 0 Å². The Morgan fingerprint density at radius 3 is 2.00 bits per heavy atom. The Kier molecular flexibility index (Phi) is 2.42. The molecular weight excluding hydrogens is 73.5 g/mol. The minimum atomic E-state index is 1.70. The summed E-state index contributed by atoms with van der Waals surface area (Å²) in [4.78, 5) is 0. The molecule has 0 spiro atoms. The predicted octanol–water partition coefficient (Wildman–Crippen LogP) is 0.426. The highest BCUT2D eigenvalue weighted by atomic mass is 35.5. The van der Waals surface area contributed by atoms with E-state index in [1.807, 2.05) is 5.38 Å². The first kappa shape index (κ1) is 3.65. The van der Waals surface area contributed by atoms with E-state index in [1.165, 1.54) is 0 Å². The third kappa shape index (κ3) is 1.65. The fourth-order valence-electron chi connectivity index (χ4n) is 0. The summed E-state index contributed by atoms with van der Waals surface area (Å²) in [6.45, 7) is 0. The lowest BCUT2D eigenvalue weighted by atomic mass is 11.2. The Balaban J connectivity index is 2.83. The van der Waals surface area contributed by atoms with E-state index >= 15 is 0 Å². The van der Waals surface area contributed by atoms with Crippen molar-refractivity contribution in [2.45, 2.75) is 0 Å². The molecule has 1 radical (unpaired) electrons. The van der Waals surface area contributed by atoms with Gasteiger partial charge in [-0.3, -0.25) is 5.73 Å². The van der Waals surface area contributed by atoms with Gasteiger partial charge in [-0.2, -0.15) is 0 Å². The van der Waals surface area contributed by atoms with Crippen LogP contribution in [-0.2, 0) is 0 Å². The van der Waals surface area contributed by atoms with Gasteiger partial charge >= 0.3 is 0 Å². The van der Waals surface area contributed by atoms with Crippen molar-refractivity contribution in [3.05, 3.63) is 0 Å². The highest BCUT2D eigenvalue weighted by Gasteiger charge is 1.31. The number of rotatable bonds is 0. The molecule has 0 aromatic carbocycles. The van der Waals surface area contributed by atoms with E-state index < -0.39 is 0 Å². The zero-order chi connectivity index (χ0) is 3.41. The zero-order valence-electron chi connectivity index (χ0n) is 1.88. The van der Waals surface area contributed by atoms with Crippen molar-refractivity contribution in [2.24, 2.45) is 0 Å². The SMILES string of the molecule is [NH]C#CCl. The van der Waals surface area contributed by atoms with E-state index in [4.69, 9.17) is 5.73 Å². The van der Waals surface area contributed by atoms with Crippen molar-refractivity contribution in [3.8, 4) is 11.4 Å². The summed E-state index contributed by atoms with van der Waals surface area (Å²) in [6.07, 6.45) is 0. The Bertz CT molecular complexity index is 42.8. The third-order valence-corrected chi connectivity index (χ3v) is 0.142. The normalized spacial score (nSPS) is 3.25. The number of nitrogens with one attached hydrogen (secondary N) is 1. The van der Waals surface area contributed by atoms with Gasteiger partial charge in [0.05, 0.1) is 0 Å². The van der Waals surface area contributed by atoms with Gasteiger partial charge < -0.3 is 0 Å². The second kappa shape index (κ2) is 2.65. The second-order valence-electron chi connectivity index (χ2n) is 0.219. The van der Waals surface area contributed by atoms with Gasteiger partial charge in [0.1, 0.15) is 0 Å². The molecule has 0 aromatic heterocycles. The summed E-state index contributed by atoms with van der Waals surface area (Å²) >= 11 is 4.64. The summed E-state index contributed by atoms with van der Waals surface area (Å²) in [5, 5.41) is 1.82. The molecule has 0 saturated heterocycles. The first-order valence-electron chi connectivity index (χ1n) is 0.689. The quantitative estimate of drug-likeness (QED) is 0.372. The van der Waals surface area contributed by atoms with E-state index in [0.29, 0.717) is 0 Å². The minimum absolute atomic E-state index is 1.70. The van der Waals surface area contributed by atoms with Gasteiger partial charge in [0.2, 0.25) is 0 Å². The van der Waals surface area contributed by atoms with Crippen molar-refractivity contribution < 1.29 is 0 Å². The molecule has 2 heteroatoms. The molecule has 0 heterocycles. The van der Waals surface area contributed by atoms with Gasteiger partial charge in [0, 0.05) is 11.4 Å². The molecule has 21 valence electrons. The fraction of sp³-hybridized carbons (Fsp3) is 0. The van der Waals surface area contributed by atoms with E-state index in [1.54, 1.807) is 6.04 Å².